The zero-order valence-corrected chi connectivity index (χ0v) is 11.7. The van der Waals surface area contributed by atoms with Crippen LogP contribution in [0.25, 0.3) is 0 Å². The topological polar surface area (TPSA) is 12.0 Å². The molecule has 0 aliphatic heterocycles. The van der Waals surface area contributed by atoms with E-state index in [4.69, 9.17) is 0 Å². The number of rotatable bonds is 7. The highest BCUT2D eigenvalue weighted by Crippen LogP contribution is 2.17. The van der Waals surface area contributed by atoms with Crippen LogP contribution in [-0.2, 0) is 0 Å². The molecule has 0 amide bonds. The normalized spacial score (nSPS) is 14.9. The Balaban J connectivity index is 2.23. The quantitative estimate of drug-likeness (QED) is 0.744. The second-order valence-corrected chi connectivity index (χ2v) is 5.59. The average molecular weight is 233 g/mol. The van der Waals surface area contributed by atoms with Crippen molar-refractivity contribution in [2.24, 2.45) is 5.92 Å². The molecule has 1 N–H and O–H groups in total. The molecule has 96 valence electrons. The van der Waals surface area contributed by atoms with Crippen molar-refractivity contribution in [1.82, 2.24) is 5.32 Å². The fraction of sp³-hybridized carbons (Fsp3) is 0.625. The Bertz CT molecular complexity index is 292. The lowest BCUT2D eigenvalue weighted by Gasteiger charge is -2.18. The molecule has 1 aromatic rings. The Labute approximate surface area is 107 Å². The summed E-state index contributed by atoms with van der Waals surface area (Å²) in [4.78, 5) is 0. The second-order valence-electron chi connectivity index (χ2n) is 5.59. The van der Waals surface area contributed by atoms with E-state index < -0.39 is 0 Å². The summed E-state index contributed by atoms with van der Waals surface area (Å²) in [5.74, 6) is 1.43. The Hall–Kier alpha value is -0.820. The van der Waals surface area contributed by atoms with Crippen molar-refractivity contribution in [1.29, 1.82) is 0 Å². The highest BCUT2D eigenvalue weighted by Gasteiger charge is 2.07. The van der Waals surface area contributed by atoms with E-state index in [1.165, 1.54) is 18.4 Å². The lowest BCUT2D eigenvalue weighted by atomic mass is 9.97. The standard InChI is InChI=1S/C16H27N/c1-13(2)12-15(4)17-11-10-14(3)16-8-6-5-7-9-16/h5-9,13-15,17H,10-12H2,1-4H3/t14?,15-/m1/s1. The van der Waals surface area contributed by atoms with Crippen LogP contribution < -0.4 is 5.32 Å². The molecule has 0 aromatic heterocycles. The van der Waals surface area contributed by atoms with Gasteiger partial charge in [0.25, 0.3) is 0 Å². The minimum absolute atomic E-state index is 0.637. The third-order valence-corrected chi connectivity index (χ3v) is 3.26. The van der Waals surface area contributed by atoms with Crippen LogP contribution in [0, 0.1) is 5.92 Å². The summed E-state index contributed by atoms with van der Waals surface area (Å²) >= 11 is 0. The summed E-state index contributed by atoms with van der Waals surface area (Å²) in [5.41, 5.74) is 1.45. The first-order valence-electron chi connectivity index (χ1n) is 6.88. The van der Waals surface area contributed by atoms with E-state index in [1.54, 1.807) is 0 Å². The monoisotopic (exact) mass is 233 g/mol. The van der Waals surface area contributed by atoms with Crippen LogP contribution in [0.5, 0.6) is 0 Å². The molecule has 0 heterocycles. The van der Waals surface area contributed by atoms with Crippen molar-refractivity contribution in [3.05, 3.63) is 35.9 Å². The zero-order chi connectivity index (χ0) is 12.7. The van der Waals surface area contributed by atoms with Crippen LogP contribution in [0.4, 0.5) is 0 Å². The van der Waals surface area contributed by atoms with Crippen molar-refractivity contribution in [3.63, 3.8) is 0 Å². The van der Waals surface area contributed by atoms with Gasteiger partial charge in [-0.1, -0.05) is 51.1 Å². The predicted octanol–water partition coefficient (Wildman–Crippen LogP) is 4.20. The highest BCUT2D eigenvalue weighted by atomic mass is 14.9. The smallest absolute Gasteiger partial charge is 0.00411 e. The first-order valence-corrected chi connectivity index (χ1v) is 6.88. The fourth-order valence-corrected chi connectivity index (χ4v) is 2.28. The molecule has 1 aromatic carbocycles. The van der Waals surface area contributed by atoms with Crippen molar-refractivity contribution in [2.75, 3.05) is 6.54 Å². The van der Waals surface area contributed by atoms with Gasteiger partial charge in [0.1, 0.15) is 0 Å². The van der Waals surface area contributed by atoms with Crippen LogP contribution in [0.2, 0.25) is 0 Å². The molecule has 1 heteroatoms. The summed E-state index contributed by atoms with van der Waals surface area (Å²) in [6.07, 6.45) is 2.48. The van der Waals surface area contributed by atoms with E-state index in [0.29, 0.717) is 12.0 Å². The molecular formula is C16H27N. The summed E-state index contributed by atoms with van der Waals surface area (Å²) in [7, 11) is 0. The Morgan fingerprint density at radius 3 is 2.24 bits per heavy atom. The maximum Gasteiger partial charge on any atom is 0.00411 e. The number of hydrogen-bond donors (Lipinski definition) is 1. The van der Waals surface area contributed by atoms with Gasteiger partial charge in [-0.15, -0.1) is 0 Å². The molecule has 0 fully saturated rings. The molecular weight excluding hydrogens is 206 g/mol. The van der Waals surface area contributed by atoms with Gasteiger partial charge in [0.15, 0.2) is 0 Å². The van der Waals surface area contributed by atoms with Gasteiger partial charge in [0.05, 0.1) is 0 Å². The zero-order valence-electron chi connectivity index (χ0n) is 11.7. The molecule has 0 bridgehead atoms. The van der Waals surface area contributed by atoms with Crippen LogP contribution in [0.1, 0.15) is 52.0 Å². The fourth-order valence-electron chi connectivity index (χ4n) is 2.28. The van der Waals surface area contributed by atoms with Crippen LogP contribution in [0.15, 0.2) is 30.3 Å². The molecule has 0 aliphatic rings. The summed E-state index contributed by atoms with van der Waals surface area (Å²) < 4.78 is 0. The molecule has 0 saturated heterocycles. The predicted molar refractivity (Wildman–Crippen MR) is 76.4 cm³/mol. The van der Waals surface area contributed by atoms with E-state index in [0.717, 1.165) is 12.5 Å². The van der Waals surface area contributed by atoms with Crippen LogP contribution >= 0.6 is 0 Å². The first-order chi connectivity index (χ1) is 8.09. The van der Waals surface area contributed by atoms with Gasteiger partial charge in [-0.05, 0) is 43.7 Å². The molecule has 0 radical (unpaired) electrons. The third kappa shape index (κ3) is 5.88. The number of nitrogens with one attached hydrogen (secondary N) is 1. The molecule has 0 spiro atoms. The van der Waals surface area contributed by atoms with E-state index in [2.05, 4.69) is 63.3 Å². The maximum atomic E-state index is 3.61. The van der Waals surface area contributed by atoms with Crippen LogP contribution in [0.3, 0.4) is 0 Å². The Morgan fingerprint density at radius 2 is 1.65 bits per heavy atom. The lowest BCUT2D eigenvalue weighted by molar-refractivity contribution is 0.433. The molecule has 1 nitrogen and oxygen atoms in total. The largest absolute Gasteiger partial charge is 0.314 e. The average Bonchev–Trinajstić information content (AvgIpc) is 2.29. The Kier molecular flexibility index (Phi) is 6.28. The van der Waals surface area contributed by atoms with E-state index >= 15 is 0 Å². The minimum Gasteiger partial charge on any atom is -0.314 e. The minimum atomic E-state index is 0.637. The van der Waals surface area contributed by atoms with E-state index in [1.807, 2.05) is 0 Å². The number of hydrogen-bond acceptors (Lipinski definition) is 1. The summed E-state index contributed by atoms with van der Waals surface area (Å²) in [5, 5.41) is 3.61. The van der Waals surface area contributed by atoms with Crippen molar-refractivity contribution in [2.45, 2.75) is 52.5 Å². The second kappa shape index (κ2) is 7.50. The van der Waals surface area contributed by atoms with Gasteiger partial charge in [0, 0.05) is 6.04 Å². The van der Waals surface area contributed by atoms with E-state index in [-0.39, 0.29) is 0 Å². The molecule has 1 unspecified atom stereocenters. The Morgan fingerprint density at radius 1 is 1.00 bits per heavy atom. The van der Waals surface area contributed by atoms with Gasteiger partial charge in [0.2, 0.25) is 0 Å². The first kappa shape index (κ1) is 14.2. The SMILES string of the molecule is CC(C)C[C@@H](C)NCCC(C)c1ccccc1. The van der Waals surface area contributed by atoms with Crippen molar-refractivity contribution >= 4 is 0 Å². The molecule has 1 rings (SSSR count). The van der Waals surface area contributed by atoms with Crippen molar-refractivity contribution < 1.29 is 0 Å². The molecule has 2 atom stereocenters. The summed E-state index contributed by atoms with van der Waals surface area (Å²) in [6, 6.07) is 11.4. The van der Waals surface area contributed by atoms with Gasteiger partial charge in [-0.2, -0.15) is 0 Å². The molecule has 0 saturated carbocycles. The molecule has 0 aliphatic carbocycles. The van der Waals surface area contributed by atoms with E-state index in [9.17, 15) is 0 Å². The lowest BCUT2D eigenvalue weighted by Crippen LogP contribution is -2.28. The van der Waals surface area contributed by atoms with Gasteiger partial charge in [-0.3, -0.25) is 0 Å². The highest BCUT2D eigenvalue weighted by molar-refractivity contribution is 5.18. The van der Waals surface area contributed by atoms with Gasteiger partial charge < -0.3 is 5.32 Å². The maximum absolute atomic E-state index is 3.61. The van der Waals surface area contributed by atoms with Crippen LogP contribution in [-0.4, -0.2) is 12.6 Å². The van der Waals surface area contributed by atoms with Crippen molar-refractivity contribution in [3.8, 4) is 0 Å². The summed E-state index contributed by atoms with van der Waals surface area (Å²) in [6.45, 7) is 10.3. The third-order valence-electron chi connectivity index (χ3n) is 3.26. The van der Waals surface area contributed by atoms with Gasteiger partial charge in [-0.25, -0.2) is 0 Å². The molecule has 17 heavy (non-hydrogen) atoms. The van der Waals surface area contributed by atoms with Gasteiger partial charge >= 0.3 is 0 Å². The number of benzene rings is 1.